The van der Waals surface area contributed by atoms with E-state index in [0.717, 1.165) is 22.7 Å². The van der Waals surface area contributed by atoms with Gasteiger partial charge < -0.3 is 5.32 Å². The van der Waals surface area contributed by atoms with E-state index in [0.29, 0.717) is 12.3 Å². The number of benzene rings is 1. The predicted molar refractivity (Wildman–Crippen MR) is 96.9 cm³/mol. The molecule has 23 heavy (non-hydrogen) atoms. The van der Waals surface area contributed by atoms with E-state index in [4.69, 9.17) is 0 Å². The summed E-state index contributed by atoms with van der Waals surface area (Å²) in [5.41, 5.74) is 3.05. The van der Waals surface area contributed by atoms with Crippen LogP contribution in [0.4, 0.5) is 0 Å². The van der Waals surface area contributed by atoms with E-state index in [1.807, 2.05) is 31.4 Å². The van der Waals surface area contributed by atoms with Crippen LogP contribution in [0.2, 0.25) is 0 Å². The third-order valence-electron chi connectivity index (χ3n) is 3.45. The Labute approximate surface area is 143 Å². The minimum atomic E-state index is -1.26. The van der Waals surface area contributed by atoms with Gasteiger partial charge in [-0.15, -0.1) is 11.3 Å². The highest BCUT2D eigenvalue weighted by Gasteiger charge is 2.20. The number of hydrogen-bond acceptors (Lipinski definition) is 4. The van der Waals surface area contributed by atoms with Crippen LogP contribution >= 0.6 is 11.3 Å². The van der Waals surface area contributed by atoms with Gasteiger partial charge in [-0.25, -0.2) is 4.98 Å². The molecular weight excluding hydrogens is 328 g/mol. The summed E-state index contributed by atoms with van der Waals surface area (Å²) in [6.07, 6.45) is 0.872. The minimum Gasteiger partial charge on any atom is -0.355 e. The van der Waals surface area contributed by atoms with Crippen LogP contribution in [-0.2, 0) is 21.3 Å². The molecule has 6 heteroatoms. The Balaban J connectivity index is 1.99. The highest BCUT2D eigenvalue weighted by molar-refractivity contribution is 7.85. The molecule has 2 aromatic rings. The number of rotatable bonds is 7. The molecule has 0 saturated heterocycles. The topological polar surface area (TPSA) is 59.1 Å². The average molecular weight is 351 g/mol. The van der Waals surface area contributed by atoms with Gasteiger partial charge >= 0.3 is 0 Å². The molecule has 124 valence electrons. The molecule has 1 heterocycles. The van der Waals surface area contributed by atoms with Gasteiger partial charge in [0, 0.05) is 28.3 Å². The zero-order valence-electron chi connectivity index (χ0n) is 13.7. The summed E-state index contributed by atoms with van der Waals surface area (Å²) in [4.78, 5) is 16.4. The lowest BCUT2D eigenvalue weighted by Gasteiger charge is -2.10. The van der Waals surface area contributed by atoms with Crippen LogP contribution < -0.4 is 5.32 Å². The summed E-state index contributed by atoms with van der Waals surface area (Å²) in [5.74, 6) is 0.155. The van der Waals surface area contributed by atoms with E-state index in [2.05, 4.69) is 22.4 Å². The van der Waals surface area contributed by atoms with Crippen molar-refractivity contribution in [3.63, 3.8) is 0 Å². The quantitative estimate of drug-likeness (QED) is 0.834. The first-order valence-corrected chi connectivity index (χ1v) is 9.93. The second-order valence-corrected chi connectivity index (χ2v) is 8.08. The Morgan fingerprint density at radius 2 is 2.04 bits per heavy atom. The van der Waals surface area contributed by atoms with Gasteiger partial charge in [0.1, 0.15) is 10.3 Å². The number of carbonyl (C=O) groups excluding carboxylic acids is 1. The van der Waals surface area contributed by atoms with Crippen molar-refractivity contribution in [3.8, 4) is 10.6 Å². The monoisotopic (exact) mass is 350 g/mol. The Bertz CT molecular complexity index is 680. The van der Waals surface area contributed by atoms with Crippen molar-refractivity contribution < 1.29 is 9.00 Å². The van der Waals surface area contributed by atoms with Crippen LogP contribution in [0.1, 0.15) is 31.5 Å². The number of nitrogens with zero attached hydrogens (tertiary/aromatic N) is 1. The molecule has 0 radical (unpaired) electrons. The van der Waals surface area contributed by atoms with Gasteiger partial charge in [0.15, 0.2) is 0 Å². The summed E-state index contributed by atoms with van der Waals surface area (Å²) in [5, 5.41) is 5.10. The fourth-order valence-electron chi connectivity index (χ4n) is 1.98. The van der Waals surface area contributed by atoms with Crippen LogP contribution in [0.25, 0.3) is 10.6 Å². The molecule has 0 bridgehead atoms. The van der Waals surface area contributed by atoms with Crippen molar-refractivity contribution in [2.45, 2.75) is 38.2 Å². The predicted octanol–water partition coefficient (Wildman–Crippen LogP) is 3.28. The molecule has 2 atom stereocenters. The number of amides is 1. The molecule has 0 aliphatic rings. The zero-order valence-corrected chi connectivity index (χ0v) is 15.3. The van der Waals surface area contributed by atoms with E-state index in [9.17, 15) is 9.00 Å². The minimum absolute atomic E-state index is 0.154. The fourth-order valence-corrected chi connectivity index (χ4v) is 3.93. The first-order valence-electron chi connectivity index (χ1n) is 7.67. The number of aryl methyl sites for hydroxylation is 1. The van der Waals surface area contributed by atoms with Crippen LogP contribution in [-0.4, -0.2) is 26.9 Å². The molecule has 0 spiro atoms. The normalized spacial score (nSPS) is 13.5. The number of carbonyl (C=O) groups is 1. The molecule has 2 rings (SSSR count). The number of hydrogen-bond donors (Lipinski definition) is 1. The molecule has 1 aromatic heterocycles. The van der Waals surface area contributed by atoms with Crippen molar-refractivity contribution in [3.05, 3.63) is 40.9 Å². The Morgan fingerprint density at radius 1 is 1.35 bits per heavy atom. The largest absolute Gasteiger partial charge is 0.355 e. The molecular formula is C17H22N2O2S2. The molecule has 1 aromatic carbocycles. The molecule has 0 fully saturated rings. The van der Waals surface area contributed by atoms with Crippen molar-refractivity contribution in [2.24, 2.45) is 0 Å². The van der Waals surface area contributed by atoms with Crippen molar-refractivity contribution in [2.75, 3.05) is 6.54 Å². The lowest BCUT2D eigenvalue weighted by Crippen LogP contribution is -2.36. The van der Waals surface area contributed by atoms with Crippen LogP contribution in [0.5, 0.6) is 0 Å². The van der Waals surface area contributed by atoms with Gasteiger partial charge in [-0.05, 0) is 20.3 Å². The maximum absolute atomic E-state index is 12.3. The van der Waals surface area contributed by atoms with Crippen LogP contribution in [0, 0.1) is 6.92 Å². The lowest BCUT2D eigenvalue weighted by atomic mass is 10.2. The maximum atomic E-state index is 12.3. The maximum Gasteiger partial charge on any atom is 0.235 e. The van der Waals surface area contributed by atoms with E-state index in [1.54, 1.807) is 6.92 Å². The third-order valence-corrected chi connectivity index (χ3v) is 5.98. The highest BCUT2D eigenvalue weighted by Crippen LogP contribution is 2.24. The van der Waals surface area contributed by atoms with Gasteiger partial charge in [0.05, 0.1) is 11.4 Å². The Hall–Kier alpha value is -1.53. The lowest BCUT2D eigenvalue weighted by molar-refractivity contribution is -0.120. The fraction of sp³-hybridized carbons (Fsp3) is 0.412. The van der Waals surface area contributed by atoms with Gasteiger partial charge in [-0.2, -0.15) is 0 Å². The second-order valence-electron chi connectivity index (χ2n) is 5.47. The van der Waals surface area contributed by atoms with Crippen LogP contribution in [0.15, 0.2) is 29.6 Å². The summed E-state index contributed by atoms with van der Waals surface area (Å²) < 4.78 is 12.3. The SMILES string of the molecule is CCCNC(=O)[C@H](C)[S@@](=O)Cc1csc(-c2ccc(C)cc2)n1. The van der Waals surface area contributed by atoms with Gasteiger partial charge in [0.2, 0.25) is 5.91 Å². The zero-order chi connectivity index (χ0) is 16.8. The Kier molecular flexibility index (Phi) is 6.47. The molecule has 1 N–H and O–H groups in total. The van der Waals surface area contributed by atoms with Crippen molar-refractivity contribution >= 4 is 28.0 Å². The first kappa shape index (κ1) is 17.8. The van der Waals surface area contributed by atoms with Crippen LogP contribution in [0.3, 0.4) is 0 Å². The molecule has 1 amide bonds. The molecule has 0 aliphatic heterocycles. The summed E-state index contributed by atoms with van der Waals surface area (Å²) in [6, 6.07) is 8.18. The third kappa shape index (κ3) is 4.97. The molecule has 0 unspecified atom stereocenters. The second kappa shape index (κ2) is 8.36. The number of nitrogens with one attached hydrogen (secondary N) is 1. The number of thiazole rings is 1. The van der Waals surface area contributed by atoms with Gasteiger partial charge in [0.25, 0.3) is 0 Å². The smallest absolute Gasteiger partial charge is 0.235 e. The van der Waals surface area contributed by atoms with Gasteiger partial charge in [-0.1, -0.05) is 36.8 Å². The molecule has 0 saturated carbocycles. The van der Waals surface area contributed by atoms with Gasteiger partial charge in [-0.3, -0.25) is 9.00 Å². The summed E-state index contributed by atoms with van der Waals surface area (Å²) >= 11 is 1.54. The van der Waals surface area contributed by atoms with E-state index in [1.165, 1.54) is 16.9 Å². The summed E-state index contributed by atoms with van der Waals surface area (Å²) in [7, 11) is -1.26. The highest BCUT2D eigenvalue weighted by atomic mass is 32.2. The molecule has 0 aliphatic carbocycles. The van der Waals surface area contributed by atoms with Crippen molar-refractivity contribution in [1.29, 1.82) is 0 Å². The first-order chi connectivity index (χ1) is 11.0. The summed E-state index contributed by atoms with van der Waals surface area (Å²) in [6.45, 7) is 6.36. The van der Waals surface area contributed by atoms with Crippen molar-refractivity contribution in [1.82, 2.24) is 10.3 Å². The Morgan fingerprint density at radius 3 is 2.70 bits per heavy atom. The van der Waals surface area contributed by atoms with E-state index in [-0.39, 0.29) is 5.91 Å². The van der Waals surface area contributed by atoms with E-state index < -0.39 is 16.0 Å². The molecule has 4 nitrogen and oxygen atoms in total. The standard InChI is InChI=1S/C17H22N2O2S2/c1-4-9-18-16(20)13(3)23(21)11-15-10-22-17(19-15)14-7-5-12(2)6-8-14/h5-8,10,13H,4,9,11H2,1-3H3,(H,18,20)/t13-,23-/m0/s1. The average Bonchev–Trinajstić information content (AvgIpc) is 3.00. The van der Waals surface area contributed by atoms with E-state index >= 15 is 0 Å². The number of aromatic nitrogens is 1.